The highest BCUT2D eigenvalue weighted by molar-refractivity contribution is 7.92. The van der Waals surface area contributed by atoms with Gasteiger partial charge in [0.25, 0.3) is 15.9 Å². The number of thiazole rings is 1. The Morgan fingerprint density at radius 3 is 2.53 bits per heavy atom. The number of benzene rings is 3. The van der Waals surface area contributed by atoms with Gasteiger partial charge in [0.15, 0.2) is 5.13 Å². The van der Waals surface area contributed by atoms with Gasteiger partial charge in [0.05, 0.1) is 25.8 Å². The Balaban J connectivity index is 1.56. The van der Waals surface area contributed by atoms with Gasteiger partial charge >= 0.3 is 0 Å². The first-order valence-corrected chi connectivity index (χ1v) is 11.2. The Morgan fingerprint density at radius 1 is 1.03 bits per heavy atom. The van der Waals surface area contributed by atoms with Crippen molar-refractivity contribution in [2.75, 3.05) is 10.0 Å². The number of nitrogens with one attached hydrogen (secondary N) is 2. The predicted octanol–water partition coefficient (Wildman–Crippen LogP) is 5.14. The number of halogens is 2. The lowest BCUT2D eigenvalue weighted by atomic mass is 10.2. The normalized spacial score (nSPS) is 11.4. The molecule has 0 saturated carbocycles. The summed E-state index contributed by atoms with van der Waals surface area (Å²) >= 11 is 6.89. The predicted molar refractivity (Wildman–Crippen MR) is 116 cm³/mol. The Bertz CT molecular complexity index is 1360. The lowest BCUT2D eigenvalue weighted by molar-refractivity contribution is 0.102. The number of fused-ring (bicyclic) bond motifs is 1. The summed E-state index contributed by atoms with van der Waals surface area (Å²) in [5, 5.41) is 2.84. The quantitative estimate of drug-likeness (QED) is 0.430. The van der Waals surface area contributed by atoms with E-state index in [9.17, 15) is 17.6 Å². The summed E-state index contributed by atoms with van der Waals surface area (Å²) in [5.74, 6) is -0.990. The van der Waals surface area contributed by atoms with E-state index in [1.807, 2.05) is 6.07 Å². The van der Waals surface area contributed by atoms with E-state index in [1.165, 1.54) is 11.3 Å². The molecular formula is C20H13ClFN3O3S2. The third kappa shape index (κ3) is 4.28. The molecule has 1 amide bonds. The van der Waals surface area contributed by atoms with Gasteiger partial charge in [0.2, 0.25) is 0 Å². The summed E-state index contributed by atoms with van der Waals surface area (Å²) in [4.78, 5) is 16.5. The van der Waals surface area contributed by atoms with E-state index >= 15 is 0 Å². The molecule has 4 aromatic rings. The zero-order valence-electron chi connectivity index (χ0n) is 15.1. The van der Waals surface area contributed by atoms with Crippen LogP contribution in [0, 0.1) is 5.82 Å². The molecule has 3 aromatic carbocycles. The topological polar surface area (TPSA) is 88.2 Å². The maximum absolute atomic E-state index is 13.3. The van der Waals surface area contributed by atoms with Gasteiger partial charge < -0.3 is 0 Å². The summed E-state index contributed by atoms with van der Waals surface area (Å²) in [5.41, 5.74) is 1.41. The van der Waals surface area contributed by atoms with Crippen LogP contribution in [0.25, 0.3) is 10.2 Å². The maximum Gasteiger partial charge on any atom is 0.261 e. The Labute approximate surface area is 180 Å². The molecule has 4 rings (SSSR count). The number of carbonyl (C=O) groups excluding carboxylic acids is 1. The van der Waals surface area contributed by atoms with Gasteiger partial charge in [-0.15, -0.1) is 0 Å². The fourth-order valence-corrected chi connectivity index (χ4v) is 4.88. The van der Waals surface area contributed by atoms with Gasteiger partial charge in [-0.25, -0.2) is 17.8 Å². The summed E-state index contributed by atoms with van der Waals surface area (Å²) in [6.45, 7) is 0. The molecule has 0 saturated heterocycles. The van der Waals surface area contributed by atoms with Crippen molar-refractivity contribution in [3.05, 3.63) is 83.1 Å². The zero-order valence-corrected chi connectivity index (χ0v) is 17.5. The number of amides is 1. The van der Waals surface area contributed by atoms with Gasteiger partial charge in [-0.05, 0) is 48.5 Å². The second-order valence-electron chi connectivity index (χ2n) is 6.20. The number of sulfonamides is 1. The molecule has 0 aliphatic heterocycles. The fraction of sp³-hybridized carbons (Fsp3) is 0. The first-order chi connectivity index (χ1) is 14.3. The lowest BCUT2D eigenvalue weighted by Crippen LogP contribution is -2.13. The molecule has 10 heteroatoms. The van der Waals surface area contributed by atoms with Crippen molar-refractivity contribution in [1.29, 1.82) is 0 Å². The minimum Gasteiger partial charge on any atom is -0.298 e. The molecule has 30 heavy (non-hydrogen) atoms. The molecule has 0 fully saturated rings. The highest BCUT2D eigenvalue weighted by atomic mass is 35.5. The van der Waals surface area contributed by atoms with Crippen molar-refractivity contribution in [2.24, 2.45) is 0 Å². The summed E-state index contributed by atoms with van der Waals surface area (Å²) in [6, 6.07) is 16.7. The van der Waals surface area contributed by atoms with Crippen LogP contribution in [-0.2, 0) is 10.0 Å². The fourth-order valence-electron chi connectivity index (χ4n) is 2.66. The van der Waals surface area contributed by atoms with Crippen molar-refractivity contribution >= 4 is 59.9 Å². The summed E-state index contributed by atoms with van der Waals surface area (Å²) in [6.07, 6.45) is 0. The van der Waals surface area contributed by atoms with E-state index in [1.54, 1.807) is 42.5 Å². The molecule has 0 bridgehead atoms. The summed E-state index contributed by atoms with van der Waals surface area (Å²) < 4.78 is 41.5. The molecule has 0 aliphatic rings. The van der Waals surface area contributed by atoms with Gasteiger partial charge in [-0.3, -0.25) is 14.8 Å². The number of anilines is 2. The van der Waals surface area contributed by atoms with Crippen molar-refractivity contribution in [2.45, 2.75) is 4.90 Å². The van der Waals surface area contributed by atoms with Crippen LogP contribution in [0.15, 0.2) is 71.6 Å². The zero-order chi connectivity index (χ0) is 21.3. The van der Waals surface area contributed by atoms with Gasteiger partial charge in [0.1, 0.15) is 5.82 Å². The van der Waals surface area contributed by atoms with E-state index in [4.69, 9.17) is 11.6 Å². The number of carbonyl (C=O) groups is 1. The number of hydrogen-bond acceptors (Lipinski definition) is 5. The summed E-state index contributed by atoms with van der Waals surface area (Å²) in [7, 11) is -3.96. The lowest BCUT2D eigenvalue weighted by Gasteiger charge is -2.08. The molecule has 152 valence electrons. The van der Waals surface area contributed by atoms with Crippen LogP contribution in [0.2, 0.25) is 5.02 Å². The molecule has 1 aromatic heterocycles. The SMILES string of the molecule is O=C(Nc1nc2ccc(NS(=O)(=O)c3ccc(F)c(Cl)c3)cc2s1)c1ccccc1. The molecule has 2 N–H and O–H groups in total. The third-order valence-corrected chi connectivity index (χ3v) is 6.70. The Hall–Kier alpha value is -3.01. The first kappa shape index (κ1) is 20.3. The second-order valence-corrected chi connectivity index (χ2v) is 9.32. The molecule has 0 atom stereocenters. The number of hydrogen-bond donors (Lipinski definition) is 2. The van der Waals surface area contributed by atoms with Crippen LogP contribution in [0.4, 0.5) is 15.2 Å². The molecule has 1 heterocycles. The average Bonchev–Trinajstić information content (AvgIpc) is 3.11. The van der Waals surface area contributed by atoms with Crippen molar-refractivity contribution < 1.29 is 17.6 Å². The maximum atomic E-state index is 13.3. The van der Waals surface area contributed by atoms with Crippen LogP contribution in [0.5, 0.6) is 0 Å². The van der Waals surface area contributed by atoms with Crippen LogP contribution in [0.3, 0.4) is 0 Å². The van der Waals surface area contributed by atoms with E-state index in [0.717, 1.165) is 18.2 Å². The van der Waals surface area contributed by atoms with Gasteiger partial charge in [0, 0.05) is 5.56 Å². The van der Waals surface area contributed by atoms with E-state index in [2.05, 4.69) is 15.0 Å². The van der Waals surface area contributed by atoms with Gasteiger partial charge in [-0.2, -0.15) is 0 Å². The standard InChI is InChI=1S/C20H13ClFN3O3S2/c21-15-11-14(7-8-16(15)22)30(27,28)25-13-6-9-17-18(10-13)29-20(23-17)24-19(26)12-4-2-1-3-5-12/h1-11,25H,(H,23,24,26). The van der Waals surface area contributed by atoms with Crippen LogP contribution >= 0.6 is 22.9 Å². The Kier molecular flexibility index (Phi) is 5.42. The molecule has 0 radical (unpaired) electrons. The van der Waals surface area contributed by atoms with Crippen molar-refractivity contribution in [3.8, 4) is 0 Å². The number of rotatable bonds is 5. The van der Waals surface area contributed by atoms with Crippen molar-refractivity contribution in [1.82, 2.24) is 4.98 Å². The second kappa shape index (κ2) is 8.02. The minimum absolute atomic E-state index is 0.158. The number of aromatic nitrogens is 1. The monoisotopic (exact) mass is 461 g/mol. The smallest absolute Gasteiger partial charge is 0.261 e. The molecular weight excluding hydrogens is 449 g/mol. The molecule has 0 unspecified atom stereocenters. The van der Waals surface area contributed by atoms with E-state index in [0.29, 0.717) is 26.6 Å². The first-order valence-electron chi connectivity index (χ1n) is 8.57. The highest BCUT2D eigenvalue weighted by Crippen LogP contribution is 2.30. The van der Waals surface area contributed by atoms with Crippen LogP contribution in [-0.4, -0.2) is 19.3 Å². The van der Waals surface area contributed by atoms with Crippen LogP contribution in [0.1, 0.15) is 10.4 Å². The van der Waals surface area contributed by atoms with E-state index < -0.39 is 15.8 Å². The van der Waals surface area contributed by atoms with Gasteiger partial charge in [-0.1, -0.05) is 41.1 Å². The third-order valence-electron chi connectivity index (χ3n) is 4.10. The largest absolute Gasteiger partial charge is 0.298 e. The highest BCUT2D eigenvalue weighted by Gasteiger charge is 2.17. The number of nitrogens with zero attached hydrogens (tertiary/aromatic N) is 1. The minimum atomic E-state index is -3.96. The average molecular weight is 462 g/mol. The molecule has 0 aliphatic carbocycles. The van der Waals surface area contributed by atoms with E-state index in [-0.39, 0.29) is 15.8 Å². The van der Waals surface area contributed by atoms with Crippen molar-refractivity contribution in [3.63, 3.8) is 0 Å². The molecule has 0 spiro atoms. The van der Waals surface area contributed by atoms with Crippen LogP contribution < -0.4 is 10.0 Å². The molecule has 6 nitrogen and oxygen atoms in total. The Morgan fingerprint density at radius 2 is 1.80 bits per heavy atom.